The molecule has 0 aliphatic rings. The highest BCUT2D eigenvalue weighted by atomic mass is 16.5. The third-order valence-corrected chi connectivity index (χ3v) is 3.05. The monoisotopic (exact) mass is 256 g/mol. The molecule has 19 heavy (non-hydrogen) atoms. The highest BCUT2D eigenvalue weighted by Crippen LogP contribution is 2.17. The van der Waals surface area contributed by atoms with Crippen LogP contribution in [0.4, 0.5) is 0 Å². The summed E-state index contributed by atoms with van der Waals surface area (Å²) in [5, 5.41) is 18.0. The molecule has 2 rings (SSSR count). The van der Waals surface area contributed by atoms with Crippen LogP contribution in [-0.4, -0.2) is 17.2 Å². The molecule has 0 fully saturated rings. The first-order chi connectivity index (χ1) is 9.16. The smallest absolute Gasteiger partial charge is 0.423 e. The molecule has 0 saturated carbocycles. The van der Waals surface area contributed by atoms with Crippen LogP contribution in [-0.2, 0) is 11.3 Å². The Morgan fingerprint density at radius 1 is 1.00 bits per heavy atom. The maximum Gasteiger partial charge on any atom is 0.488 e. The molecule has 2 aromatic rings. The summed E-state index contributed by atoms with van der Waals surface area (Å²) in [5.41, 5.74) is 2.64. The van der Waals surface area contributed by atoms with E-state index in [-0.39, 0.29) is 6.10 Å². The van der Waals surface area contributed by atoms with Gasteiger partial charge in [-0.1, -0.05) is 54.6 Å². The first kappa shape index (κ1) is 13.8. The maximum absolute atomic E-state index is 9.01. The van der Waals surface area contributed by atoms with E-state index in [4.69, 9.17) is 14.8 Å². The van der Waals surface area contributed by atoms with Gasteiger partial charge >= 0.3 is 7.12 Å². The fourth-order valence-electron chi connectivity index (χ4n) is 1.83. The van der Waals surface area contributed by atoms with Crippen molar-refractivity contribution in [1.29, 1.82) is 0 Å². The Morgan fingerprint density at radius 3 is 2.21 bits per heavy atom. The van der Waals surface area contributed by atoms with Gasteiger partial charge in [0.25, 0.3) is 0 Å². The Morgan fingerprint density at radius 2 is 1.63 bits per heavy atom. The molecule has 1 atom stereocenters. The van der Waals surface area contributed by atoms with Gasteiger partial charge in [-0.3, -0.25) is 0 Å². The van der Waals surface area contributed by atoms with Crippen molar-refractivity contribution in [3.05, 3.63) is 65.7 Å². The number of hydrogen-bond donors (Lipinski definition) is 2. The van der Waals surface area contributed by atoms with Gasteiger partial charge < -0.3 is 14.8 Å². The average Bonchev–Trinajstić information content (AvgIpc) is 2.46. The van der Waals surface area contributed by atoms with Gasteiger partial charge in [0.1, 0.15) is 0 Å². The zero-order valence-corrected chi connectivity index (χ0v) is 10.9. The number of hydrogen-bond acceptors (Lipinski definition) is 3. The van der Waals surface area contributed by atoms with Crippen molar-refractivity contribution in [2.45, 2.75) is 19.6 Å². The SMILES string of the molecule is CC(OCc1ccc(B(O)O)cc1)c1ccccc1. The van der Waals surface area contributed by atoms with Crippen molar-refractivity contribution in [1.82, 2.24) is 0 Å². The van der Waals surface area contributed by atoms with Crippen LogP contribution in [0.3, 0.4) is 0 Å². The van der Waals surface area contributed by atoms with Crippen molar-refractivity contribution in [2.24, 2.45) is 0 Å². The van der Waals surface area contributed by atoms with E-state index < -0.39 is 7.12 Å². The molecule has 0 aliphatic heterocycles. The highest BCUT2D eigenvalue weighted by molar-refractivity contribution is 6.58. The molecule has 0 aromatic heterocycles. The summed E-state index contributed by atoms with van der Waals surface area (Å²) in [7, 11) is -1.42. The Balaban J connectivity index is 1.92. The first-order valence-corrected chi connectivity index (χ1v) is 6.28. The van der Waals surface area contributed by atoms with E-state index in [9.17, 15) is 0 Å². The summed E-state index contributed by atoms with van der Waals surface area (Å²) < 4.78 is 5.79. The molecular formula is C15H17BO3. The van der Waals surface area contributed by atoms with Crippen molar-refractivity contribution in [2.75, 3.05) is 0 Å². The number of rotatable bonds is 5. The van der Waals surface area contributed by atoms with Gasteiger partial charge in [-0.15, -0.1) is 0 Å². The molecule has 4 heteroatoms. The van der Waals surface area contributed by atoms with Crippen LogP contribution in [0.1, 0.15) is 24.2 Å². The largest absolute Gasteiger partial charge is 0.488 e. The Labute approximate surface area is 113 Å². The fraction of sp³-hybridized carbons (Fsp3) is 0.200. The zero-order chi connectivity index (χ0) is 13.7. The minimum absolute atomic E-state index is 0.0318. The molecule has 2 aromatic carbocycles. The minimum atomic E-state index is -1.42. The van der Waals surface area contributed by atoms with Crippen LogP contribution in [0.25, 0.3) is 0 Å². The summed E-state index contributed by atoms with van der Waals surface area (Å²) >= 11 is 0. The molecule has 0 bridgehead atoms. The molecule has 0 radical (unpaired) electrons. The van der Waals surface area contributed by atoms with E-state index in [1.54, 1.807) is 12.1 Å². The molecule has 1 unspecified atom stereocenters. The van der Waals surface area contributed by atoms with Gasteiger partial charge in [0, 0.05) is 0 Å². The van der Waals surface area contributed by atoms with Crippen LogP contribution >= 0.6 is 0 Å². The highest BCUT2D eigenvalue weighted by Gasteiger charge is 2.10. The Hall–Kier alpha value is -1.62. The van der Waals surface area contributed by atoms with Crippen LogP contribution in [0.5, 0.6) is 0 Å². The predicted octanol–water partition coefficient (Wildman–Crippen LogP) is 1.64. The van der Waals surface area contributed by atoms with E-state index >= 15 is 0 Å². The van der Waals surface area contributed by atoms with Crippen LogP contribution in [0, 0.1) is 0 Å². The third-order valence-electron chi connectivity index (χ3n) is 3.05. The van der Waals surface area contributed by atoms with Crippen molar-refractivity contribution in [3.63, 3.8) is 0 Å². The molecule has 0 spiro atoms. The fourth-order valence-corrected chi connectivity index (χ4v) is 1.83. The van der Waals surface area contributed by atoms with Gasteiger partial charge in [-0.2, -0.15) is 0 Å². The lowest BCUT2D eigenvalue weighted by Gasteiger charge is -2.13. The molecule has 2 N–H and O–H groups in total. The lowest BCUT2D eigenvalue weighted by atomic mass is 9.80. The molecule has 3 nitrogen and oxygen atoms in total. The summed E-state index contributed by atoms with van der Waals surface area (Å²) in [6.45, 7) is 2.51. The lowest BCUT2D eigenvalue weighted by molar-refractivity contribution is 0.0526. The zero-order valence-electron chi connectivity index (χ0n) is 10.9. The van der Waals surface area contributed by atoms with Gasteiger partial charge in [0.2, 0.25) is 0 Å². The maximum atomic E-state index is 9.01. The van der Waals surface area contributed by atoms with E-state index in [0.717, 1.165) is 11.1 Å². The summed E-state index contributed by atoms with van der Waals surface area (Å²) in [6.07, 6.45) is 0.0318. The second-order valence-electron chi connectivity index (χ2n) is 4.48. The topological polar surface area (TPSA) is 49.7 Å². The van der Waals surface area contributed by atoms with Crippen LogP contribution < -0.4 is 5.46 Å². The third kappa shape index (κ3) is 3.93. The van der Waals surface area contributed by atoms with Crippen molar-refractivity contribution >= 4 is 12.6 Å². The van der Waals surface area contributed by atoms with Crippen molar-refractivity contribution in [3.8, 4) is 0 Å². The van der Waals surface area contributed by atoms with E-state index in [0.29, 0.717) is 12.1 Å². The number of ether oxygens (including phenoxy) is 1. The lowest BCUT2D eigenvalue weighted by Crippen LogP contribution is -2.29. The van der Waals surface area contributed by atoms with Crippen LogP contribution in [0.15, 0.2) is 54.6 Å². The molecule has 0 aliphatic carbocycles. The van der Waals surface area contributed by atoms with E-state index in [1.165, 1.54) is 0 Å². The minimum Gasteiger partial charge on any atom is -0.423 e. The number of benzene rings is 2. The van der Waals surface area contributed by atoms with Gasteiger partial charge in [-0.05, 0) is 23.5 Å². The molecular weight excluding hydrogens is 239 g/mol. The van der Waals surface area contributed by atoms with Crippen molar-refractivity contribution < 1.29 is 14.8 Å². The van der Waals surface area contributed by atoms with Gasteiger partial charge in [0.05, 0.1) is 12.7 Å². The Kier molecular flexibility index (Phi) is 4.74. The molecule has 0 saturated heterocycles. The average molecular weight is 256 g/mol. The van der Waals surface area contributed by atoms with E-state index in [1.807, 2.05) is 49.4 Å². The quantitative estimate of drug-likeness (QED) is 0.799. The summed E-state index contributed by atoms with van der Waals surface area (Å²) in [6, 6.07) is 17.1. The van der Waals surface area contributed by atoms with Gasteiger partial charge in [0.15, 0.2) is 0 Å². The summed E-state index contributed by atoms with van der Waals surface area (Å²) in [4.78, 5) is 0. The first-order valence-electron chi connectivity index (χ1n) is 6.28. The standard InChI is InChI=1S/C15H17BO3/c1-12(14-5-3-2-4-6-14)19-11-13-7-9-15(10-8-13)16(17)18/h2-10,12,17-18H,11H2,1H3. The Bertz CT molecular complexity index is 497. The molecule has 98 valence electrons. The second kappa shape index (κ2) is 6.52. The normalized spacial score (nSPS) is 12.2. The summed E-state index contributed by atoms with van der Waals surface area (Å²) in [5.74, 6) is 0. The van der Waals surface area contributed by atoms with Gasteiger partial charge in [-0.25, -0.2) is 0 Å². The molecule has 0 amide bonds. The van der Waals surface area contributed by atoms with Crippen LogP contribution in [0.2, 0.25) is 0 Å². The predicted molar refractivity (Wildman–Crippen MR) is 75.9 cm³/mol. The second-order valence-corrected chi connectivity index (χ2v) is 4.48. The van der Waals surface area contributed by atoms with E-state index in [2.05, 4.69) is 0 Å². The molecule has 0 heterocycles.